The number of aromatic nitrogens is 1. The van der Waals surface area contributed by atoms with Crippen molar-refractivity contribution in [2.75, 3.05) is 5.32 Å². The summed E-state index contributed by atoms with van der Waals surface area (Å²) >= 11 is 2.85. The van der Waals surface area contributed by atoms with Crippen LogP contribution in [-0.4, -0.2) is 16.7 Å². The van der Waals surface area contributed by atoms with Gasteiger partial charge in [-0.1, -0.05) is 0 Å². The van der Waals surface area contributed by atoms with E-state index in [9.17, 15) is 18.0 Å². The minimum atomic E-state index is -4.52. The molecule has 1 N–H and O–H groups in total. The van der Waals surface area contributed by atoms with E-state index >= 15 is 0 Å². The van der Waals surface area contributed by atoms with Crippen molar-refractivity contribution in [3.63, 3.8) is 0 Å². The molecular weight excluding hydrogens is 329 g/mol. The summed E-state index contributed by atoms with van der Waals surface area (Å²) < 4.78 is 42.6. The Bertz CT molecular complexity index is 484. The average molecular weight is 341 g/mol. The van der Waals surface area contributed by atoms with Gasteiger partial charge in [-0.2, -0.15) is 13.2 Å². The van der Waals surface area contributed by atoms with Gasteiger partial charge in [-0.3, -0.25) is 5.32 Å². The van der Waals surface area contributed by atoms with E-state index in [4.69, 9.17) is 4.74 Å². The van der Waals surface area contributed by atoms with E-state index in [1.165, 1.54) is 0 Å². The fourth-order valence-corrected chi connectivity index (χ4v) is 1.57. The Morgan fingerprint density at radius 2 is 1.89 bits per heavy atom. The molecule has 1 amide bonds. The standard InChI is InChI=1S/C11H12BrF3N2O2/c1-10(2,3)19-9(18)17-8-5-6(11(13,14)15)4-7(12)16-8/h4-5H,1-3H3,(H,16,17,18). The molecule has 1 aromatic rings. The van der Waals surface area contributed by atoms with Crippen molar-refractivity contribution in [3.05, 3.63) is 22.3 Å². The highest BCUT2D eigenvalue weighted by molar-refractivity contribution is 9.10. The van der Waals surface area contributed by atoms with E-state index in [2.05, 4.69) is 26.2 Å². The second-order valence-electron chi connectivity index (χ2n) is 4.69. The maximum absolute atomic E-state index is 12.6. The predicted molar refractivity (Wildman–Crippen MR) is 66.8 cm³/mol. The van der Waals surface area contributed by atoms with Crippen LogP contribution in [0, 0.1) is 0 Å². The molecule has 4 nitrogen and oxygen atoms in total. The summed E-state index contributed by atoms with van der Waals surface area (Å²) in [6, 6.07) is 1.55. The van der Waals surface area contributed by atoms with E-state index in [1.807, 2.05) is 0 Å². The van der Waals surface area contributed by atoms with Gasteiger partial charge in [-0.15, -0.1) is 0 Å². The summed E-state index contributed by atoms with van der Waals surface area (Å²) in [6.45, 7) is 4.92. The Balaban J connectivity index is 2.91. The van der Waals surface area contributed by atoms with Crippen LogP contribution in [-0.2, 0) is 10.9 Å². The van der Waals surface area contributed by atoms with Crippen molar-refractivity contribution in [1.29, 1.82) is 0 Å². The van der Waals surface area contributed by atoms with Crippen LogP contribution >= 0.6 is 15.9 Å². The molecule has 0 aromatic carbocycles. The Hall–Kier alpha value is -1.31. The van der Waals surface area contributed by atoms with Crippen LogP contribution in [0.4, 0.5) is 23.8 Å². The van der Waals surface area contributed by atoms with Crippen LogP contribution in [0.5, 0.6) is 0 Å². The lowest BCUT2D eigenvalue weighted by Crippen LogP contribution is -2.27. The largest absolute Gasteiger partial charge is 0.444 e. The molecule has 0 atom stereocenters. The summed E-state index contributed by atoms with van der Waals surface area (Å²) in [5, 5.41) is 2.15. The molecule has 0 fully saturated rings. The third-order valence-corrected chi connectivity index (χ3v) is 2.16. The van der Waals surface area contributed by atoms with Gasteiger partial charge in [0.1, 0.15) is 16.0 Å². The van der Waals surface area contributed by atoms with Crippen molar-refractivity contribution < 1.29 is 22.7 Å². The van der Waals surface area contributed by atoms with Gasteiger partial charge in [0.2, 0.25) is 0 Å². The first kappa shape index (κ1) is 15.7. The number of alkyl halides is 3. The number of anilines is 1. The highest BCUT2D eigenvalue weighted by Gasteiger charge is 2.31. The highest BCUT2D eigenvalue weighted by Crippen LogP contribution is 2.32. The number of carbonyl (C=O) groups is 1. The molecule has 0 radical (unpaired) electrons. The SMILES string of the molecule is CC(C)(C)OC(=O)Nc1cc(C(F)(F)F)cc(Br)n1. The number of hydrogen-bond donors (Lipinski definition) is 1. The lowest BCUT2D eigenvalue weighted by Gasteiger charge is -2.19. The van der Waals surface area contributed by atoms with E-state index in [-0.39, 0.29) is 10.4 Å². The molecule has 8 heteroatoms. The topological polar surface area (TPSA) is 51.2 Å². The number of amides is 1. The molecule has 1 rings (SSSR count). The average Bonchev–Trinajstić information content (AvgIpc) is 2.11. The molecule has 0 saturated carbocycles. The molecular formula is C11H12BrF3N2O2. The molecule has 1 heterocycles. The van der Waals surface area contributed by atoms with Gasteiger partial charge in [0.05, 0.1) is 5.56 Å². The summed E-state index contributed by atoms with van der Waals surface area (Å²) in [6.07, 6.45) is -5.39. The maximum atomic E-state index is 12.6. The molecule has 0 aliphatic heterocycles. The number of ether oxygens (including phenoxy) is 1. The van der Waals surface area contributed by atoms with Crippen LogP contribution in [0.25, 0.3) is 0 Å². The first-order valence-electron chi connectivity index (χ1n) is 5.22. The Labute approximate surface area is 116 Å². The molecule has 0 aliphatic rings. The van der Waals surface area contributed by atoms with Gasteiger partial charge >= 0.3 is 12.3 Å². The second kappa shape index (κ2) is 5.36. The van der Waals surface area contributed by atoms with Gasteiger partial charge in [0, 0.05) is 0 Å². The first-order valence-corrected chi connectivity index (χ1v) is 6.01. The molecule has 106 valence electrons. The van der Waals surface area contributed by atoms with Gasteiger partial charge in [-0.25, -0.2) is 9.78 Å². The van der Waals surface area contributed by atoms with Gasteiger partial charge < -0.3 is 4.74 Å². The molecule has 0 bridgehead atoms. The van der Waals surface area contributed by atoms with E-state index in [1.54, 1.807) is 20.8 Å². The summed E-state index contributed by atoms with van der Waals surface area (Å²) in [5.74, 6) is -0.240. The lowest BCUT2D eigenvalue weighted by atomic mass is 10.2. The van der Waals surface area contributed by atoms with E-state index in [0.29, 0.717) is 0 Å². The summed E-state index contributed by atoms with van der Waals surface area (Å²) in [7, 11) is 0. The van der Waals surface area contributed by atoms with Crippen LogP contribution in [0.1, 0.15) is 26.3 Å². The Morgan fingerprint density at radius 1 is 1.32 bits per heavy atom. The van der Waals surface area contributed by atoms with Crippen LogP contribution in [0.2, 0.25) is 0 Å². The zero-order valence-corrected chi connectivity index (χ0v) is 12.0. The van der Waals surface area contributed by atoms with E-state index < -0.39 is 23.4 Å². The monoisotopic (exact) mass is 340 g/mol. The van der Waals surface area contributed by atoms with Gasteiger partial charge in [0.15, 0.2) is 0 Å². The first-order chi connectivity index (χ1) is 8.47. The molecule has 0 saturated heterocycles. The van der Waals surface area contributed by atoms with Crippen LogP contribution in [0.15, 0.2) is 16.7 Å². The number of pyridine rings is 1. The van der Waals surface area contributed by atoms with Crippen molar-refractivity contribution in [3.8, 4) is 0 Å². The maximum Gasteiger partial charge on any atom is 0.416 e. The minimum absolute atomic E-state index is 0.0339. The Morgan fingerprint density at radius 3 is 2.37 bits per heavy atom. The van der Waals surface area contributed by atoms with Crippen molar-refractivity contribution in [1.82, 2.24) is 4.98 Å². The third kappa shape index (κ3) is 5.46. The molecule has 0 aliphatic carbocycles. The number of hydrogen-bond acceptors (Lipinski definition) is 3. The lowest BCUT2D eigenvalue weighted by molar-refractivity contribution is -0.137. The molecule has 0 spiro atoms. The number of rotatable bonds is 1. The van der Waals surface area contributed by atoms with Gasteiger partial charge in [-0.05, 0) is 48.8 Å². The fourth-order valence-electron chi connectivity index (χ4n) is 1.13. The van der Waals surface area contributed by atoms with Crippen molar-refractivity contribution in [2.24, 2.45) is 0 Å². The Kier molecular flexibility index (Phi) is 4.44. The van der Waals surface area contributed by atoms with E-state index in [0.717, 1.165) is 12.1 Å². The predicted octanol–water partition coefficient (Wildman–Crippen LogP) is 4.21. The fraction of sp³-hybridized carbons (Fsp3) is 0.455. The number of nitrogens with one attached hydrogen (secondary N) is 1. The number of carbonyl (C=O) groups excluding carboxylic acids is 1. The van der Waals surface area contributed by atoms with Crippen LogP contribution in [0.3, 0.4) is 0 Å². The summed E-state index contributed by atoms with van der Waals surface area (Å²) in [5.41, 5.74) is -1.66. The normalized spacial score (nSPS) is 12.2. The van der Waals surface area contributed by atoms with Crippen molar-refractivity contribution >= 4 is 27.8 Å². The van der Waals surface area contributed by atoms with Crippen LogP contribution < -0.4 is 5.32 Å². The number of nitrogens with zero attached hydrogens (tertiary/aromatic N) is 1. The molecule has 0 unspecified atom stereocenters. The minimum Gasteiger partial charge on any atom is -0.444 e. The van der Waals surface area contributed by atoms with Gasteiger partial charge in [0.25, 0.3) is 0 Å². The summed E-state index contributed by atoms with van der Waals surface area (Å²) in [4.78, 5) is 15.2. The third-order valence-electron chi connectivity index (χ3n) is 1.75. The molecule has 1 aromatic heterocycles. The highest BCUT2D eigenvalue weighted by atomic mass is 79.9. The number of halogens is 4. The zero-order valence-electron chi connectivity index (χ0n) is 10.4. The molecule has 19 heavy (non-hydrogen) atoms. The second-order valence-corrected chi connectivity index (χ2v) is 5.50. The quantitative estimate of drug-likeness (QED) is 0.779. The van der Waals surface area contributed by atoms with Crippen molar-refractivity contribution in [2.45, 2.75) is 32.5 Å². The smallest absolute Gasteiger partial charge is 0.416 e. The zero-order chi connectivity index (χ0) is 14.8.